The number of amides is 1. The summed E-state index contributed by atoms with van der Waals surface area (Å²) in [6.45, 7) is 2.35. The van der Waals surface area contributed by atoms with Gasteiger partial charge in [-0.25, -0.2) is 4.39 Å². The Morgan fingerprint density at radius 3 is 2.72 bits per heavy atom. The highest BCUT2D eigenvalue weighted by Gasteiger charge is 2.21. The van der Waals surface area contributed by atoms with Crippen LogP contribution in [-0.4, -0.2) is 22.6 Å². The number of nitrogens with one attached hydrogen (secondary N) is 1. The molecule has 8 heteroatoms. The minimum absolute atomic E-state index is 0.257. The van der Waals surface area contributed by atoms with Crippen LogP contribution in [0, 0.1) is 12.7 Å². The molecule has 1 amide bonds. The second-order valence-electron chi connectivity index (χ2n) is 6.41. The van der Waals surface area contributed by atoms with E-state index < -0.39 is 0 Å². The normalized spacial score (nSPS) is 11.1. The minimum atomic E-state index is -0.271. The molecule has 2 aromatic carbocycles. The van der Waals surface area contributed by atoms with Gasteiger partial charge in [-0.2, -0.15) is 0 Å². The van der Waals surface area contributed by atoms with Crippen molar-refractivity contribution in [3.63, 3.8) is 0 Å². The highest BCUT2D eigenvalue weighted by atomic mass is 32.2. The van der Waals surface area contributed by atoms with Crippen molar-refractivity contribution in [3.05, 3.63) is 76.2 Å². The summed E-state index contributed by atoms with van der Waals surface area (Å²) in [5, 5.41) is 12.9. The van der Waals surface area contributed by atoms with Gasteiger partial charge < -0.3 is 9.73 Å². The number of thioether (sulfide) groups is 1. The zero-order valence-corrected chi connectivity index (χ0v) is 17.3. The van der Waals surface area contributed by atoms with E-state index in [1.165, 1.54) is 35.2 Å². The van der Waals surface area contributed by atoms with Crippen LogP contribution in [0.25, 0.3) is 11.0 Å². The SMILES string of the molecule is Cc1nnc(SCc2c(C(=O)NCCc3ccc(F)cc3)oc3ccccc23)s1. The lowest BCUT2D eigenvalue weighted by Crippen LogP contribution is -2.26. The lowest BCUT2D eigenvalue weighted by atomic mass is 10.1. The third-order valence-electron chi connectivity index (χ3n) is 4.36. The summed E-state index contributed by atoms with van der Waals surface area (Å²) in [4.78, 5) is 12.8. The molecule has 0 radical (unpaired) electrons. The van der Waals surface area contributed by atoms with E-state index in [2.05, 4.69) is 15.5 Å². The van der Waals surface area contributed by atoms with Crippen molar-refractivity contribution in [2.45, 2.75) is 23.4 Å². The highest BCUT2D eigenvalue weighted by Crippen LogP contribution is 2.33. The van der Waals surface area contributed by atoms with Crippen molar-refractivity contribution in [1.82, 2.24) is 15.5 Å². The molecule has 0 bridgehead atoms. The molecule has 2 heterocycles. The Kier molecular flexibility index (Phi) is 5.92. The average Bonchev–Trinajstić information content (AvgIpc) is 3.31. The van der Waals surface area contributed by atoms with Crippen LogP contribution in [0.3, 0.4) is 0 Å². The molecule has 4 aromatic rings. The molecule has 0 unspecified atom stereocenters. The summed E-state index contributed by atoms with van der Waals surface area (Å²) >= 11 is 3.06. The van der Waals surface area contributed by atoms with Crippen LogP contribution in [0.15, 0.2) is 57.3 Å². The van der Waals surface area contributed by atoms with E-state index in [9.17, 15) is 9.18 Å². The number of para-hydroxylation sites is 1. The van der Waals surface area contributed by atoms with Crippen LogP contribution in [0.2, 0.25) is 0 Å². The summed E-state index contributed by atoms with van der Waals surface area (Å²) in [7, 11) is 0. The van der Waals surface area contributed by atoms with Crippen LogP contribution < -0.4 is 5.32 Å². The molecule has 0 aliphatic carbocycles. The summed E-state index contributed by atoms with van der Waals surface area (Å²) in [6, 6.07) is 13.9. The number of carbonyl (C=O) groups is 1. The van der Waals surface area contributed by atoms with E-state index in [1.54, 1.807) is 12.1 Å². The van der Waals surface area contributed by atoms with Gasteiger partial charge in [-0.3, -0.25) is 4.79 Å². The summed E-state index contributed by atoms with van der Waals surface area (Å²) in [5.74, 6) is 0.353. The van der Waals surface area contributed by atoms with E-state index in [4.69, 9.17) is 4.42 Å². The number of benzene rings is 2. The van der Waals surface area contributed by atoms with Crippen molar-refractivity contribution in [3.8, 4) is 0 Å². The lowest BCUT2D eigenvalue weighted by molar-refractivity contribution is 0.0927. The van der Waals surface area contributed by atoms with Crippen LogP contribution in [0.4, 0.5) is 4.39 Å². The van der Waals surface area contributed by atoms with Gasteiger partial charge in [-0.15, -0.1) is 10.2 Å². The number of rotatable bonds is 7. The molecule has 0 saturated carbocycles. The molecule has 4 rings (SSSR count). The van der Waals surface area contributed by atoms with Gasteiger partial charge in [0, 0.05) is 23.2 Å². The first-order valence-corrected chi connectivity index (χ1v) is 10.9. The van der Waals surface area contributed by atoms with E-state index in [0.29, 0.717) is 30.1 Å². The topological polar surface area (TPSA) is 68.0 Å². The molecule has 0 saturated heterocycles. The maximum atomic E-state index is 13.0. The largest absolute Gasteiger partial charge is 0.451 e. The predicted octanol–water partition coefficient (Wildman–Crippen LogP) is 5.00. The monoisotopic (exact) mass is 427 g/mol. The van der Waals surface area contributed by atoms with E-state index in [0.717, 1.165) is 25.9 Å². The van der Waals surface area contributed by atoms with Gasteiger partial charge in [0.25, 0.3) is 5.91 Å². The number of nitrogens with zero attached hydrogens (tertiary/aromatic N) is 2. The Hall–Kier alpha value is -2.71. The van der Waals surface area contributed by atoms with Crippen LogP contribution in [0.5, 0.6) is 0 Å². The molecular formula is C21H18FN3O2S2. The smallest absolute Gasteiger partial charge is 0.287 e. The van der Waals surface area contributed by atoms with Crippen molar-refractivity contribution in [2.75, 3.05) is 6.54 Å². The van der Waals surface area contributed by atoms with Gasteiger partial charge in [0.15, 0.2) is 10.1 Å². The van der Waals surface area contributed by atoms with Gasteiger partial charge in [0.05, 0.1) is 0 Å². The van der Waals surface area contributed by atoms with Crippen molar-refractivity contribution in [1.29, 1.82) is 0 Å². The number of aryl methyl sites for hydroxylation is 1. The van der Waals surface area contributed by atoms with Gasteiger partial charge in [0.1, 0.15) is 16.4 Å². The van der Waals surface area contributed by atoms with E-state index >= 15 is 0 Å². The molecule has 29 heavy (non-hydrogen) atoms. The number of fused-ring (bicyclic) bond motifs is 1. The van der Waals surface area contributed by atoms with E-state index in [1.807, 2.05) is 31.2 Å². The van der Waals surface area contributed by atoms with Gasteiger partial charge in [-0.05, 0) is 37.1 Å². The number of halogens is 1. The van der Waals surface area contributed by atoms with Crippen molar-refractivity contribution < 1.29 is 13.6 Å². The maximum Gasteiger partial charge on any atom is 0.287 e. The third kappa shape index (κ3) is 4.65. The maximum absolute atomic E-state index is 13.0. The fraction of sp³-hybridized carbons (Fsp3) is 0.190. The first-order chi connectivity index (χ1) is 14.1. The van der Waals surface area contributed by atoms with E-state index in [-0.39, 0.29) is 11.7 Å². The van der Waals surface area contributed by atoms with Crippen molar-refractivity contribution >= 4 is 40.0 Å². The molecular weight excluding hydrogens is 409 g/mol. The number of aromatic nitrogens is 2. The third-order valence-corrected chi connectivity index (χ3v) is 6.36. The van der Waals surface area contributed by atoms with Crippen LogP contribution >= 0.6 is 23.1 Å². The number of furan rings is 1. The van der Waals surface area contributed by atoms with Gasteiger partial charge >= 0.3 is 0 Å². The second-order valence-corrected chi connectivity index (χ2v) is 8.82. The first kappa shape index (κ1) is 19.6. The zero-order valence-electron chi connectivity index (χ0n) is 15.6. The van der Waals surface area contributed by atoms with Crippen LogP contribution in [-0.2, 0) is 12.2 Å². The van der Waals surface area contributed by atoms with Crippen molar-refractivity contribution in [2.24, 2.45) is 0 Å². The number of hydrogen-bond acceptors (Lipinski definition) is 6. The molecule has 148 valence electrons. The lowest BCUT2D eigenvalue weighted by Gasteiger charge is -2.05. The quantitative estimate of drug-likeness (QED) is 0.421. The summed E-state index contributed by atoms with van der Waals surface area (Å²) in [6.07, 6.45) is 0.612. The minimum Gasteiger partial charge on any atom is -0.451 e. The molecule has 0 aliphatic rings. The Morgan fingerprint density at radius 2 is 1.97 bits per heavy atom. The average molecular weight is 428 g/mol. The van der Waals surface area contributed by atoms with Gasteiger partial charge in [0.2, 0.25) is 0 Å². The Morgan fingerprint density at radius 1 is 1.17 bits per heavy atom. The van der Waals surface area contributed by atoms with Crippen LogP contribution in [0.1, 0.15) is 26.7 Å². The number of carbonyl (C=O) groups excluding carboxylic acids is 1. The molecule has 1 N–H and O–H groups in total. The summed E-state index contributed by atoms with van der Waals surface area (Å²) in [5.41, 5.74) is 2.48. The fourth-order valence-electron chi connectivity index (χ4n) is 2.95. The Balaban J connectivity index is 1.49. The first-order valence-electron chi connectivity index (χ1n) is 9.06. The van der Waals surface area contributed by atoms with Gasteiger partial charge in [-0.1, -0.05) is 53.4 Å². The molecule has 2 aromatic heterocycles. The molecule has 0 fully saturated rings. The highest BCUT2D eigenvalue weighted by molar-refractivity contribution is 8.00. The Bertz CT molecular complexity index is 1140. The second kappa shape index (κ2) is 8.75. The summed E-state index contributed by atoms with van der Waals surface area (Å²) < 4.78 is 19.7. The zero-order chi connectivity index (χ0) is 20.2. The molecule has 0 aliphatic heterocycles. The number of hydrogen-bond donors (Lipinski definition) is 1. The Labute approximate surface area is 175 Å². The standard InChI is InChI=1S/C21H18FN3O2S2/c1-13-24-25-21(29-13)28-12-17-16-4-2-3-5-18(16)27-19(17)20(26)23-11-10-14-6-8-15(22)9-7-14/h2-9H,10-12H2,1H3,(H,23,26). The molecule has 0 spiro atoms. The fourth-order valence-corrected chi connectivity index (χ4v) is 4.79. The molecule has 0 atom stereocenters. The predicted molar refractivity (Wildman–Crippen MR) is 113 cm³/mol. The molecule has 5 nitrogen and oxygen atoms in total.